The normalized spacial score (nSPS) is 21.7. The number of nitrogens with one attached hydrogen (secondary N) is 1. The number of hydrogen-bond acceptors (Lipinski definition) is 4. The van der Waals surface area contributed by atoms with E-state index in [0.29, 0.717) is 5.92 Å². The number of nitrogens with zero attached hydrogens (tertiary/aromatic N) is 1. The summed E-state index contributed by atoms with van der Waals surface area (Å²) < 4.78 is 19.0. The van der Waals surface area contributed by atoms with Gasteiger partial charge in [0.25, 0.3) is 0 Å². The standard InChI is InChI=1S/C24H30FNO2.C5H11N/c1-3-20-14-16-26(15-13-19-9-11-22(25)12-10-19)17-23(20)28-24(27)18(2)21-7-5-4-6-8-21;1-2-4-6-5-3-1/h4-12,18,20,23H,3,13-17H2,1-2H3;6H,1-5H2/t18?,20?,23-;/m0./s1. The lowest BCUT2D eigenvalue weighted by Crippen LogP contribution is -2.46. The van der Waals surface area contributed by atoms with E-state index in [4.69, 9.17) is 4.74 Å². The summed E-state index contributed by atoms with van der Waals surface area (Å²) in [6, 6.07) is 16.5. The highest BCUT2D eigenvalue weighted by Gasteiger charge is 2.32. The van der Waals surface area contributed by atoms with Crippen LogP contribution in [-0.4, -0.2) is 49.7 Å². The molecule has 2 aromatic carbocycles. The molecule has 186 valence electrons. The molecule has 2 saturated heterocycles. The molecule has 0 amide bonds. The quantitative estimate of drug-likeness (QED) is 0.539. The molecule has 2 heterocycles. The summed E-state index contributed by atoms with van der Waals surface area (Å²) in [7, 11) is 0. The topological polar surface area (TPSA) is 41.6 Å². The first-order valence-electron chi connectivity index (χ1n) is 13.0. The van der Waals surface area contributed by atoms with Crippen LogP contribution in [0.15, 0.2) is 54.6 Å². The fourth-order valence-electron chi connectivity index (χ4n) is 4.70. The smallest absolute Gasteiger partial charge is 0.313 e. The van der Waals surface area contributed by atoms with Gasteiger partial charge >= 0.3 is 5.97 Å². The SMILES string of the molecule is C1CCNCC1.CCC1CCN(CCc2ccc(F)cc2)C[C@@H]1OC(=O)C(C)c1ccccc1. The van der Waals surface area contributed by atoms with Gasteiger partial charge in [0.05, 0.1) is 5.92 Å². The molecule has 0 saturated carbocycles. The van der Waals surface area contributed by atoms with E-state index in [0.717, 1.165) is 50.0 Å². The molecule has 4 nitrogen and oxygen atoms in total. The second-order valence-corrected chi connectivity index (χ2v) is 9.55. The highest BCUT2D eigenvalue weighted by molar-refractivity contribution is 5.77. The summed E-state index contributed by atoms with van der Waals surface area (Å²) >= 11 is 0. The highest BCUT2D eigenvalue weighted by atomic mass is 19.1. The van der Waals surface area contributed by atoms with Crippen molar-refractivity contribution >= 4 is 5.97 Å². The Bertz CT molecular complexity index is 827. The van der Waals surface area contributed by atoms with Gasteiger partial charge in [-0.2, -0.15) is 0 Å². The van der Waals surface area contributed by atoms with E-state index in [9.17, 15) is 9.18 Å². The van der Waals surface area contributed by atoms with Crippen LogP contribution in [-0.2, 0) is 16.0 Å². The van der Waals surface area contributed by atoms with Gasteiger partial charge < -0.3 is 10.1 Å². The van der Waals surface area contributed by atoms with E-state index in [1.54, 1.807) is 0 Å². The van der Waals surface area contributed by atoms with E-state index in [-0.39, 0.29) is 23.8 Å². The van der Waals surface area contributed by atoms with Crippen molar-refractivity contribution in [3.63, 3.8) is 0 Å². The van der Waals surface area contributed by atoms with Gasteiger partial charge in [-0.25, -0.2) is 4.39 Å². The maximum atomic E-state index is 13.1. The largest absolute Gasteiger partial charge is 0.460 e. The molecule has 2 aromatic rings. The third-order valence-electron chi connectivity index (χ3n) is 7.06. The maximum Gasteiger partial charge on any atom is 0.313 e. The van der Waals surface area contributed by atoms with Crippen molar-refractivity contribution in [2.75, 3.05) is 32.7 Å². The van der Waals surface area contributed by atoms with Gasteiger partial charge in [-0.05, 0) is 87.8 Å². The molecule has 0 spiro atoms. The molecular weight excluding hydrogens is 427 g/mol. The van der Waals surface area contributed by atoms with Gasteiger partial charge in [0.15, 0.2) is 0 Å². The lowest BCUT2D eigenvalue weighted by atomic mass is 9.91. The van der Waals surface area contributed by atoms with E-state index in [1.807, 2.05) is 49.4 Å². The number of piperidine rings is 2. The lowest BCUT2D eigenvalue weighted by Gasteiger charge is -2.38. The molecule has 0 radical (unpaired) electrons. The fourth-order valence-corrected chi connectivity index (χ4v) is 4.70. The van der Waals surface area contributed by atoms with Crippen molar-refractivity contribution < 1.29 is 13.9 Å². The molecule has 4 rings (SSSR count). The van der Waals surface area contributed by atoms with E-state index >= 15 is 0 Å². The van der Waals surface area contributed by atoms with Crippen LogP contribution in [0.4, 0.5) is 4.39 Å². The van der Waals surface area contributed by atoms with E-state index in [1.165, 1.54) is 44.5 Å². The highest BCUT2D eigenvalue weighted by Crippen LogP contribution is 2.26. The van der Waals surface area contributed by atoms with Crippen LogP contribution < -0.4 is 5.32 Å². The van der Waals surface area contributed by atoms with Crippen LogP contribution in [0.5, 0.6) is 0 Å². The average molecular weight is 469 g/mol. The van der Waals surface area contributed by atoms with Gasteiger partial charge in [0.1, 0.15) is 11.9 Å². The van der Waals surface area contributed by atoms with Crippen molar-refractivity contribution in [2.45, 2.75) is 64.4 Å². The molecule has 2 aliphatic heterocycles. The molecular formula is C29H41FN2O2. The van der Waals surface area contributed by atoms with Crippen LogP contribution in [0.25, 0.3) is 0 Å². The minimum absolute atomic E-state index is 0.0642. The molecule has 0 bridgehead atoms. The average Bonchev–Trinajstić information content (AvgIpc) is 2.90. The number of esters is 1. The van der Waals surface area contributed by atoms with Gasteiger partial charge in [0, 0.05) is 13.1 Å². The van der Waals surface area contributed by atoms with Gasteiger partial charge in [-0.3, -0.25) is 9.69 Å². The van der Waals surface area contributed by atoms with E-state index < -0.39 is 0 Å². The molecule has 1 N–H and O–H groups in total. The number of hydrogen-bond donors (Lipinski definition) is 1. The zero-order chi connectivity index (χ0) is 24.2. The maximum absolute atomic E-state index is 13.1. The Morgan fingerprint density at radius 3 is 2.38 bits per heavy atom. The molecule has 5 heteroatoms. The minimum atomic E-state index is -0.256. The predicted octanol–water partition coefficient (Wildman–Crippen LogP) is 5.58. The zero-order valence-electron chi connectivity index (χ0n) is 20.8. The molecule has 2 unspecified atom stereocenters. The lowest BCUT2D eigenvalue weighted by molar-refractivity contribution is -0.156. The van der Waals surface area contributed by atoms with Crippen molar-refractivity contribution in [2.24, 2.45) is 5.92 Å². The molecule has 0 aromatic heterocycles. The predicted molar refractivity (Wildman–Crippen MR) is 136 cm³/mol. The summed E-state index contributed by atoms with van der Waals surface area (Å²) in [5.74, 6) is -0.190. The van der Waals surface area contributed by atoms with Gasteiger partial charge in [-0.15, -0.1) is 0 Å². The first kappa shape index (κ1) is 26.4. The Morgan fingerprint density at radius 1 is 1.09 bits per heavy atom. The second kappa shape index (κ2) is 14.2. The molecule has 3 atom stereocenters. The fraction of sp³-hybridized carbons (Fsp3) is 0.552. The van der Waals surface area contributed by atoms with Crippen LogP contribution in [0.1, 0.15) is 63.0 Å². The second-order valence-electron chi connectivity index (χ2n) is 9.55. The van der Waals surface area contributed by atoms with Crippen LogP contribution >= 0.6 is 0 Å². The number of rotatable bonds is 7. The minimum Gasteiger partial charge on any atom is -0.460 e. The molecule has 2 fully saturated rings. The third kappa shape index (κ3) is 8.52. The Balaban J connectivity index is 0.000000469. The van der Waals surface area contributed by atoms with Crippen LogP contribution in [0.3, 0.4) is 0 Å². The Hall–Kier alpha value is -2.24. The Kier molecular flexibility index (Phi) is 11.0. The van der Waals surface area contributed by atoms with Crippen LogP contribution in [0, 0.1) is 11.7 Å². The summed E-state index contributed by atoms with van der Waals surface area (Å²) in [4.78, 5) is 15.1. The van der Waals surface area contributed by atoms with Gasteiger partial charge in [-0.1, -0.05) is 55.8 Å². The summed E-state index contributed by atoms with van der Waals surface area (Å²) in [6.07, 6.45) is 7.08. The molecule has 2 aliphatic rings. The molecule has 0 aliphatic carbocycles. The monoisotopic (exact) mass is 468 g/mol. The van der Waals surface area contributed by atoms with Gasteiger partial charge in [0.2, 0.25) is 0 Å². The summed E-state index contributed by atoms with van der Waals surface area (Å²) in [6.45, 7) is 9.26. The van der Waals surface area contributed by atoms with Crippen molar-refractivity contribution in [1.82, 2.24) is 10.2 Å². The van der Waals surface area contributed by atoms with Crippen molar-refractivity contribution in [3.8, 4) is 0 Å². The number of halogens is 1. The van der Waals surface area contributed by atoms with Crippen molar-refractivity contribution in [1.29, 1.82) is 0 Å². The number of carbonyl (C=O) groups is 1. The first-order valence-corrected chi connectivity index (χ1v) is 13.0. The number of benzene rings is 2. The number of likely N-dealkylation sites (tertiary alicyclic amines) is 1. The Morgan fingerprint density at radius 2 is 1.79 bits per heavy atom. The van der Waals surface area contributed by atoms with Crippen LogP contribution in [0.2, 0.25) is 0 Å². The molecule has 34 heavy (non-hydrogen) atoms. The first-order chi connectivity index (χ1) is 16.6. The summed E-state index contributed by atoms with van der Waals surface area (Å²) in [5, 5.41) is 3.28. The zero-order valence-corrected chi connectivity index (χ0v) is 20.8. The number of ether oxygens (including phenoxy) is 1. The van der Waals surface area contributed by atoms with E-state index in [2.05, 4.69) is 17.1 Å². The Labute approximate surface area is 204 Å². The number of carbonyl (C=O) groups excluding carboxylic acids is 1. The van der Waals surface area contributed by atoms with Crippen molar-refractivity contribution in [3.05, 3.63) is 71.5 Å². The summed E-state index contributed by atoms with van der Waals surface area (Å²) in [5.41, 5.74) is 2.12. The third-order valence-corrected chi connectivity index (χ3v) is 7.06.